The molecular weight excluding hydrogens is 466 g/mol. The molecule has 0 spiro atoms. The maximum atomic E-state index is 14.4. The van der Waals surface area contributed by atoms with E-state index < -0.39 is 33.6 Å². The van der Waals surface area contributed by atoms with Gasteiger partial charge in [-0.2, -0.15) is 18.6 Å². The molecule has 1 aromatic carbocycles. The van der Waals surface area contributed by atoms with Gasteiger partial charge in [-0.25, -0.2) is 18.0 Å². The van der Waals surface area contributed by atoms with Crippen LogP contribution >= 0.6 is 0 Å². The molecule has 0 aliphatic carbocycles. The largest absolute Gasteiger partial charge is 0.348 e. The summed E-state index contributed by atoms with van der Waals surface area (Å²) in [6.07, 6.45) is 4.19. The van der Waals surface area contributed by atoms with Gasteiger partial charge in [0.05, 0.1) is 23.3 Å². The zero-order valence-electron chi connectivity index (χ0n) is 18.0. The van der Waals surface area contributed by atoms with Crippen molar-refractivity contribution in [2.45, 2.75) is 23.9 Å². The first kappa shape index (κ1) is 22.0. The Balaban J connectivity index is 1.43. The van der Waals surface area contributed by atoms with Crippen molar-refractivity contribution >= 4 is 27.3 Å². The minimum absolute atomic E-state index is 0.104. The molecule has 0 unspecified atom stereocenters. The Hall–Kier alpha value is -3.80. The van der Waals surface area contributed by atoms with E-state index in [0.717, 1.165) is 22.9 Å². The smallest absolute Gasteiger partial charge is 0.281 e. The molecule has 1 aliphatic heterocycles. The van der Waals surface area contributed by atoms with Gasteiger partial charge in [0, 0.05) is 31.4 Å². The van der Waals surface area contributed by atoms with Gasteiger partial charge in [-0.3, -0.25) is 9.48 Å². The Morgan fingerprint density at radius 2 is 2.00 bits per heavy atom. The van der Waals surface area contributed by atoms with Crippen LogP contribution in [-0.4, -0.2) is 40.3 Å². The predicted octanol–water partition coefficient (Wildman–Crippen LogP) is 2.81. The summed E-state index contributed by atoms with van der Waals surface area (Å²) in [5, 5.41) is 8.09. The van der Waals surface area contributed by atoms with Gasteiger partial charge in [0.2, 0.25) is 0 Å². The van der Waals surface area contributed by atoms with E-state index in [9.17, 15) is 22.0 Å². The highest BCUT2D eigenvalue weighted by atomic mass is 32.2. The minimum Gasteiger partial charge on any atom is -0.348 e. The fourth-order valence-corrected chi connectivity index (χ4v) is 5.41. The molecule has 176 valence electrons. The van der Waals surface area contributed by atoms with Crippen molar-refractivity contribution in [2.24, 2.45) is 7.05 Å². The van der Waals surface area contributed by atoms with E-state index in [0.29, 0.717) is 24.9 Å². The molecular formula is C22H20F2N6O3S. The number of carbonyl (C=O) groups excluding carboxylic acids is 1. The fourth-order valence-electron chi connectivity index (χ4n) is 4.30. The van der Waals surface area contributed by atoms with E-state index in [1.807, 2.05) is 0 Å². The number of hydrogen-bond donors (Lipinski definition) is 1. The summed E-state index contributed by atoms with van der Waals surface area (Å²) < 4.78 is 58.9. The van der Waals surface area contributed by atoms with E-state index in [-0.39, 0.29) is 22.0 Å². The Labute approximate surface area is 193 Å². The molecule has 4 aromatic rings. The standard InChI is InChI=1S/C22H20F2N6O3S/c1-28-21(34(32,33)27-22(31)16-13-25-30-10-3-2-5-19(16)30)12-20(26-28)29-9-4-6-18(29)15-11-14(23)7-8-17(15)24/h2-3,5,7-8,10-13,18H,4,6,9H2,1H3,(H,27,31)/t18-/m1/s1. The van der Waals surface area contributed by atoms with Crippen molar-refractivity contribution in [2.75, 3.05) is 11.4 Å². The number of amides is 1. The van der Waals surface area contributed by atoms with Crippen LogP contribution in [0.3, 0.4) is 0 Å². The maximum absolute atomic E-state index is 14.4. The first-order chi connectivity index (χ1) is 16.2. The molecule has 4 heterocycles. The third kappa shape index (κ3) is 3.79. The number of rotatable bonds is 5. The zero-order chi connectivity index (χ0) is 24.0. The Kier molecular flexibility index (Phi) is 5.31. The minimum atomic E-state index is -4.29. The Morgan fingerprint density at radius 1 is 1.18 bits per heavy atom. The number of carbonyl (C=O) groups is 1. The van der Waals surface area contributed by atoms with Gasteiger partial charge in [0.1, 0.15) is 11.6 Å². The molecule has 0 radical (unpaired) electrons. The summed E-state index contributed by atoms with van der Waals surface area (Å²) in [7, 11) is -2.85. The summed E-state index contributed by atoms with van der Waals surface area (Å²) in [5.41, 5.74) is 0.750. The zero-order valence-corrected chi connectivity index (χ0v) is 18.8. The second-order valence-corrected chi connectivity index (χ2v) is 9.63. The number of aromatic nitrogens is 4. The van der Waals surface area contributed by atoms with Crippen LogP contribution in [0.25, 0.3) is 5.52 Å². The van der Waals surface area contributed by atoms with Crippen molar-refractivity contribution in [3.63, 3.8) is 0 Å². The number of nitrogens with zero attached hydrogens (tertiary/aromatic N) is 5. The molecule has 12 heteroatoms. The van der Waals surface area contributed by atoms with Gasteiger partial charge in [-0.1, -0.05) is 6.07 Å². The third-order valence-electron chi connectivity index (χ3n) is 5.86. The molecule has 1 fully saturated rings. The summed E-state index contributed by atoms with van der Waals surface area (Å²) in [6.45, 7) is 0.492. The SMILES string of the molecule is Cn1nc(N2CCC[C@@H]2c2cc(F)ccc2F)cc1S(=O)(=O)NC(=O)c1cnn2ccccc12. The quantitative estimate of drug-likeness (QED) is 0.466. The number of fused-ring (bicyclic) bond motifs is 1. The molecule has 1 N–H and O–H groups in total. The Morgan fingerprint density at radius 3 is 2.82 bits per heavy atom. The van der Waals surface area contributed by atoms with Crippen molar-refractivity contribution in [3.05, 3.63) is 77.6 Å². The molecule has 0 bridgehead atoms. The van der Waals surface area contributed by atoms with E-state index in [1.165, 1.54) is 23.8 Å². The summed E-state index contributed by atoms with van der Waals surface area (Å²) in [4.78, 5) is 14.5. The second kappa shape index (κ2) is 8.20. The van der Waals surface area contributed by atoms with Crippen LogP contribution in [0.15, 0.2) is 59.9 Å². The molecule has 5 rings (SSSR count). The summed E-state index contributed by atoms with van der Waals surface area (Å²) in [6, 6.07) is 9.20. The Bertz CT molecular complexity index is 1510. The van der Waals surface area contributed by atoms with Gasteiger partial charge in [0.15, 0.2) is 10.8 Å². The molecule has 1 amide bonds. The number of hydrogen-bond acceptors (Lipinski definition) is 6. The predicted molar refractivity (Wildman–Crippen MR) is 119 cm³/mol. The lowest BCUT2D eigenvalue weighted by Gasteiger charge is -2.25. The topological polar surface area (TPSA) is 102 Å². The van der Waals surface area contributed by atoms with E-state index in [2.05, 4.69) is 14.9 Å². The number of sulfonamides is 1. The van der Waals surface area contributed by atoms with Gasteiger partial charge >= 0.3 is 0 Å². The first-order valence-corrected chi connectivity index (χ1v) is 12.0. The van der Waals surface area contributed by atoms with Gasteiger partial charge in [0.25, 0.3) is 15.9 Å². The van der Waals surface area contributed by atoms with Crippen LogP contribution in [-0.2, 0) is 17.1 Å². The third-order valence-corrected chi connectivity index (χ3v) is 7.25. The number of anilines is 1. The molecule has 1 saturated heterocycles. The maximum Gasteiger partial charge on any atom is 0.281 e. The van der Waals surface area contributed by atoms with Crippen molar-refractivity contribution < 1.29 is 22.0 Å². The van der Waals surface area contributed by atoms with Gasteiger partial charge in [-0.05, 0) is 43.2 Å². The number of aryl methyl sites for hydroxylation is 1. The summed E-state index contributed by atoms with van der Waals surface area (Å²) >= 11 is 0. The average molecular weight is 487 g/mol. The molecule has 3 aromatic heterocycles. The lowest BCUT2D eigenvalue weighted by molar-refractivity contribution is 0.0983. The first-order valence-electron chi connectivity index (χ1n) is 10.5. The number of pyridine rings is 1. The van der Waals surface area contributed by atoms with E-state index in [4.69, 9.17) is 0 Å². The number of halogens is 2. The molecule has 0 saturated carbocycles. The van der Waals surface area contributed by atoms with Crippen molar-refractivity contribution in [1.82, 2.24) is 24.1 Å². The van der Waals surface area contributed by atoms with E-state index >= 15 is 0 Å². The summed E-state index contributed by atoms with van der Waals surface area (Å²) in [5.74, 6) is -1.63. The van der Waals surface area contributed by atoms with Gasteiger partial charge in [-0.15, -0.1) is 0 Å². The van der Waals surface area contributed by atoms with Crippen LogP contribution in [0.1, 0.15) is 34.8 Å². The van der Waals surface area contributed by atoms with Crippen molar-refractivity contribution in [1.29, 1.82) is 0 Å². The lowest BCUT2D eigenvalue weighted by Crippen LogP contribution is -2.31. The molecule has 1 atom stereocenters. The number of benzene rings is 1. The van der Waals surface area contributed by atoms with Crippen LogP contribution < -0.4 is 9.62 Å². The van der Waals surface area contributed by atoms with E-state index in [1.54, 1.807) is 29.3 Å². The van der Waals surface area contributed by atoms with Crippen LogP contribution in [0, 0.1) is 11.6 Å². The molecule has 1 aliphatic rings. The van der Waals surface area contributed by atoms with Gasteiger partial charge < -0.3 is 4.90 Å². The van der Waals surface area contributed by atoms with Crippen LogP contribution in [0.4, 0.5) is 14.6 Å². The fraction of sp³-hybridized carbons (Fsp3) is 0.227. The highest BCUT2D eigenvalue weighted by Crippen LogP contribution is 2.37. The molecule has 34 heavy (non-hydrogen) atoms. The highest BCUT2D eigenvalue weighted by Gasteiger charge is 2.32. The molecule has 9 nitrogen and oxygen atoms in total. The lowest BCUT2D eigenvalue weighted by atomic mass is 10.0. The second-order valence-electron chi connectivity index (χ2n) is 8.00. The van der Waals surface area contributed by atoms with Crippen LogP contribution in [0.5, 0.6) is 0 Å². The normalized spacial score (nSPS) is 16.3. The number of nitrogens with one attached hydrogen (secondary N) is 1. The van der Waals surface area contributed by atoms with Crippen molar-refractivity contribution in [3.8, 4) is 0 Å². The van der Waals surface area contributed by atoms with Crippen LogP contribution in [0.2, 0.25) is 0 Å². The average Bonchev–Trinajstić information content (AvgIpc) is 3.52. The highest BCUT2D eigenvalue weighted by molar-refractivity contribution is 7.90. The monoisotopic (exact) mass is 486 g/mol.